The third-order valence-electron chi connectivity index (χ3n) is 4.40. The van der Waals surface area contributed by atoms with Crippen LogP contribution in [0.25, 0.3) is 0 Å². The second kappa shape index (κ2) is 10.1. The largest absolute Gasteiger partial charge is 0.416 e. The molecule has 1 saturated carbocycles. The first kappa shape index (κ1) is 22.7. The summed E-state index contributed by atoms with van der Waals surface area (Å²) in [6, 6.07) is 3.37. The van der Waals surface area contributed by atoms with E-state index in [4.69, 9.17) is 10.5 Å². The summed E-state index contributed by atoms with van der Waals surface area (Å²) in [5.41, 5.74) is 5.04. The van der Waals surface area contributed by atoms with Crippen molar-refractivity contribution in [3.8, 4) is 0 Å². The van der Waals surface area contributed by atoms with Crippen LogP contribution in [0.3, 0.4) is 0 Å². The number of ether oxygens (including phenoxy) is 1. The van der Waals surface area contributed by atoms with E-state index in [-0.39, 0.29) is 30.7 Å². The van der Waals surface area contributed by atoms with Gasteiger partial charge in [0.2, 0.25) is 0 Å². The van der Waals surface area contributed by atoms with Crippen molar-refractivity contribution < 1.29 is 22.7 Å². The van der Waals surface area contributed by atoms with E-state index >= 15 is 0 Å². The third-order valence-corrected chi connectivity index (χ3v) is 4.40. The van der Waals surface area contributed by atoms with E-state index in [1.807, 2.05) is 6.92 Å². The van der Waals surface area contributed by atoms with Gasteiger partial charge < -0.3 is 15.8 Å². The van der Waals surface area contributed by atoms with Crippen molar-refractivity contribution in [3.05, 3.63) is 29.3 Å². The Kier molecular flexibility index (Phi) is 8.86. The smallest absolute Gasteiger partial charge is 0.365 e. The van der Waals surface area contributed by atoms with Gasteiger partial charge in [-0.15, -0.1) is 12.4 Å². The lowest BCUT2D eigenvalue weighted by molar-refractivity contribution is -0.137. The molecule has 1 atom stereocenters. The second-order valence-corrected chi connectivity index (χ2v) is 6.40. The summed E-state index contributed by atoms with van der Waals surface area (Å²) in [6.45, 7) is 1.78. The number of benzene rings is 1. The fourth-order valence-electron chi connectivity index (χ4n) is 3.05. The van der Waals surface area contributed by atoms with Gasteiger partial charge in [-0.05, 0) is 43.0 Å². The quantitative estimate of drug-likeness (QED) is 0.738. The van der Waals surface area contributed by atoms with Crippen molar-refractivity contribution in [2.45, 2.75) is 70.4 Å². The summed E-state index contributed by atoms with van der Waals surface area (Å²) in [4.78, 5) is 12.4. The predicted octanol–water partition coefficient (Wildman–Crippen LogP) is 4.65. The zero-order chi connectivity index (χ0) is 18.4. The lowest BCUT2D eigenvalue weighted by atomic mass is 9.97. The highest BCUT2D eigenvalue weighted by Gasteiger charge is 2.31. The summed E-state index contributed by atoms with van der Waals surface area (Å²) in [5, 5.41) is 2.55. The Morgan fingerprint density at radius 2 is 1.92 bits per heavy atom. The van der Waals surface area contributed by atoms with Gasteiger partial charge in [0, 0.05) is 12.2 Å². The van der Waals surface area contributed by atoms with Crippen molar-refractivity contribution in [2.75, 3.05) is 5.32 Å². The number of rotatable bonds is 6. The molecule has 148 valence electrons. The van der Waals surface area contributed by atoms with Gasteiger partial charge in [0.05, 0.1) is 11.7 Å². The summed E-state index contributed by atoms with van der Waals surface area (Å²) in [7, 11) is 0. The number of carbonyl (C=O) groups is 1. The molecule has 8 heteroatoms. The van der Waals surface area contributed by atoms with Crippen LogP contribution in [0.1, 0.15) is 56.6 Å². The van der Waals surface area contributed by atoms with Crippen molar-refractivity contribution in [3.63, 3.8) is 0 Å². The Labute approximate surface area is 158 Å². The van der Waals surface area contributed by atoms with Crippen LogP contribution in [-0.2, 0) is 22.3 Å². The van der Waals surface area contributed by atoms with Crippen LogP contribution in [0.15, 0.2) is 18.2 Å². The minimum Gasteiger partial charge on any atom is -0.365 e. The monoisotopic (exact) mass is 394 g/mol. The molecule has 3 N–H and O–H groups in total. The lowest BCUT2D eigenvalue weighted by Gasteiger charge is -2.26. The zero-order valence-corrected chi connectivity index (χ0v) is 15.6. The Bertz CT molecular complexity index is 590. The topological polar surface area (TPSA) is 64.3 Å². The number of anilines is 1. The van der Waals surface area contributed by atoms with Gasteiger partial charge in [-0.3, -0.25) is 4.79 Å². The number of nitrogens with one attached hydrogen (secondary N) is 1. The number of nitrogens with two attached hydrogens (primary N) is 1. The van der Waals surface area contributed by atoms with E-state index in [0.29, 0.717) is 12.0 Å². The molecule has 4 nitrogen and oxygen atoms in total. The highest BCUT2D eigenvalue weighted by atomic mass is 35.5. The maximum Gasteiger partial charge on any atom is 0.416 e. The molecule has 0 aromatic heterocycles. The number of hydrogen-bond donors (Lipinski definition) is 2. The first-order chi connectivity index (χ1) is 11.8. The van der Waals surface area contributed by atoms with Gasteiger partial charge in [0.15, 0.2) is 0 Å². The van der Waals surface area contributed by atoms with Crippen molar-refractivity contribution in [1.82, 2.24) is 0 Å². The average Bonchev–Trinajstić information content (AvgIpc) is 2.59. The van der Waals surface area contributed by atoms with Crippen LogP contribution in [-0.4, -0.2) is 18.1 Å². The minimum absolute atomic E-state index is 0. The zero-order valence-electron chi connectivity index (χ0n) is 14.8. The van der Waals surface area contributed by atoms with Gasteiger partial charge in [0.1, 0.15) is 6.10 Å². The molecule has 0 radical (unpaired) electrons. The first-order valence-corrected chi connectivity index (χ1v) is 8.71. The first-order valence-electron chi connectivity index (χ1n) is 8.71. The molecule has 1 amide bonds. The third kappa shape index (κ3) is 6.45. The maximum absolute atomic E-state index is 13.0. The fourth-order valence-corrected chi connectivity index (χ4v) is 3.05. The Morgan fingerprint density at radius 3 is 2.46 bits per heavy atom. The van der Waals surface area contributed by atoms with Gasteiger partial charge in [-0.25, -0.2) is 0 Å². The van der Waals surface area contributed by atoms with Gasteiger partial charge >= 0.3 is 6.18 Å². The molecular weight excluding hydrogens is 369 g/mol. The SMILES string of the molecule is CCC(OC1CCCCC1)C(=O)Nc1cc(CN)cc(C(F)(F)F)c1.Cl. The van der Waals surface area contributed by atoms with Crippen LogP contribution in [0.5, 0.6) is 0 Å². The van der Waals surface area contributed by atoms with Crippen molar-refractivity contribution >= 4 is 24.0 Å². The van der Waals surface area contributed by atoms with Gasteiger partial charge in [0.25, 0.3) is 5.91 Å². The lowest BCUT2D eigenvalue weighted by Crippen LogP contribution is -2.34. The Hall–Kier alpha value is -1.31. The molecule has 1 aliphatic rings. The van der Waals surface area contributed by atoms with E-state index in [2.05, 4.69) is 5.32 Å². The summed E-state index contributed by atoms with van der Waals surface area (Å²) in [6.07, 6.45) is 0.527. The normalized spacial score (nSPS) is 16.7. The molecule has 0 spiro atoms. The fraction of sp³-hybridized carbons (Fsp3) is 0.611. The number of halogens is 4. The molecule has 0 heterocycles. The highest BCUT2D eigenvalue weighted by Crippen LogP contribution is 2.32. The van der Waals surface area contributed by atoms with E-state index in [1.165, 1.54) is 12.5 Å². The van der Waals surface area contributed by atoms with Gasteiger partial charge in [-0.2, -0.15) is 13.2 Å². The number of amides is 1. The van der Waals surface area contributed by atoms with E-state index < -0.39 is 23.8 Å². The van der Waals surface area contributed by atoms with Crippen molar-refractivity contribution in [2.24, 2.45) is 5.73 Å². The number of carbonyl (C=O) groups excluding carboxylic acids is 1. The summed E-state index contributed by atoms with van der Waals surface area (Å²) < 4.78 is 44.8. The van der Waals surface area contributed by atoms with E-state index in [9.17, 15) is 18.0 Å². The molecular formula is C18H26ClF3N2O2. The standard InChI is InChI=1S/C18H25F3N2O2.ClH/c1-2-16(25-15-6-4-3-5-7-15)17(24)23-14-9-12(11-22)8-13(10-14)18(19,20)21;/h8-10,15-16H,2-7,11,22H2,1H3,(H,23,24);1H. The van der Waals surface area contributed by atoms with E-state index in [0.717, 1.165) is 37.8 Å². The Balaban J connectivity index is 0.00000338. The molecule has 0 saturated heterocycles. The number of alkyl halides is 3. The predicted molar refractivity (Wildman–Crippen MR) is 97.3 cm³/mol. The average molecular weight is 395 g/mol. The molecule has 1 aliphatic carbocycles. The molecule has 26 heavy (non-hydrogen) atoms. The second-order valence-electron chi connectivity index (χ2n) is 6.40. The van der Waals surface area contributed by atoms with Gasteiger partial charge in [-0.1, -0.05) is 26.2 Å². The molecule has 0 bridgehead atoms. The summed E-state index contributed by atoms with van der Waals surface area (Å²) in [5.74, 6) is -0.421. The molecule has 1 aromatic rings. The minimum atomic E-state index is -4.49. The molecule has 2 rings (SSSR count). The van der Waals surface area contributed by atoms with Crippen LogP contribution in [0.2, 0.25) is 0 Å². The van der Waals surface area contributed by atoms with Crippen LogP contribution in [0.4, 0.5) is 18.9 Å². The molecule has 1 aromatic carbocycles. The van der Waals surface area contributed by atoms with Crippen molar-refractivity contribution in [1.29, 1.82) is 0 Å². The Morgan fingerprint density at radius 1 is 1.27 bits per heavy atom. The maximum atomic E-state index is 13.0. The molecule has 1 unspecified atom stereocenters. The van der Waals surface area contributed by atoms with Crippen LogP contribution < -0.4 is 11.1 Å². The highest BCUT2D eigenvalue weighted by molar-refractivity contribution is 5.94. The number of hydrogen-bond acceptors (Lipinski definition) is 3. The van der Waals surface area contributed by atoms with E-state index in [1.54, 1.807) is 0 Å². The summed E-state index contributed by atoms with van der Waals surface area (Å²) >= 11 is 0. The van der Waals surface area contributed by atoms with Crippen LogP contribution in [0, 0.1) is 0 Å². The van der Waals surface area contributed by atoms with Crippen LogP contribution >= 0.6 is 12.4 Å². The molecule has 0 aliphatic heterocycles. The molecule has 1 fully saturated rings.